The predicted molar refractivity (Wildman–Crippen MR) is 92.9 cm³/mol. The largest absolute Gasteiger partial charge is 0.303 e. The quantitative estimate of drug-likeness (QED) is 0.437. The van der Waals surface area contributed by atoms with E-state index in [4.69, 9.17) is 0 Å². The van der Waals surface area contributed by atoms with Crippen molar-refractivity contribution in [3.8, 4) is 0 Å². The first-order valence-corrected chi connectivity index (χ1v) is 8.35. The average Bonchev–Trinajstić information content (AvgIpc) is 2.84. The van der Waals surface area contributed by atoms with Crippen LogP contribution in [0.2, 0.25) is 0 Å². The Hall–Kier alpha value is -2.23. The van der Waals surface area contributed by atoms with Gasteiger partial charge in [0.1, 0.15) is 6.29 Å². The van der Waals surface area contributed by atoms with Crippen molar-refractivity contribution >= 4 is 18.1 Å². The summed E-state index contributed by atoms with van der Waals surface area (Å²) in [5, 5.41) is 0. The molecular weight excluding hydrogens is 302 g/mol. The molecule has 0 N–H and O–H groups in total. The Morgan fingerprint density at radius 1 is 1.25 bits per heavy atom. The summed E-state index contributed by atoms with van der Waals surface area (Å²) in [6.07, 6.45) is 4.34. The number of carbonyl (C=O) groups is 3. The van der Waals surface area contributed by atoms with Gasteiger partial charge in [-0.05, 0) is 32.3 Å². The van der Waals surface area contributed by atoms with E-state index in [1.54, 1.807) is 6.92 Å². The molecule has 2 rings (SSSR count). The number of rotatable bonds is 7. The van der Waals surface area contributed by atoms with Gasteiger partial charge in [-0.1, -0.05) is 48.9 Å². The number of allylic oxidation sites excluding steroid dienone is 2. The van der Waals surface area contributed by atoms with Gasteiger partial charge in [-0.25, -0.2) is 0 Å². The van der Waals surface area contributed by atoms with Crippen LogP contribution in [-0.2, 0) is 20.9 Å². The van der Waals surface area contributed by atoms with Crippen LogP contribution in [0.15, 0.2) is 42.0 Å². The fourth-order valence-electron chi connectivity index (χ4n) is 3.12. The highest BCUT2D eigenvalue weighted by molar-refractivity contribution is 6.05. The topological polar surface area (TPSA) is 54.5 Å². The standard InChI is InChI=1S/C20H25NO3/c1-15(2)8-7-11-20(3,14-22)17-12-18(23)21(19(17)24)13-16-9-5-4-6-10-16/h4-6,8-10,14,17H,7,11-13H2,1-3H3/t17-,20-/m1/s1. The maximum Gasteiger partial charge on any atom is 0.234 e. The number of hydrogen-bond acceptors (Lipinski definition) is 3. The first-order chi connectivity index (χ1) is 11.4. The Balaban J connectivity index is 2.13. The summed E-state index contributed by atoms with van der Waals surface area (Å²) in [4.78, 5) is 38.1. The van der Waals surface area contributed by atoms with E-state index in [0.29, 0.717) is 6.42 Å². The van der Waals surface area contributed by atoms with Gasteiger partial charge in [0.05, 0.1) is 12.5 Å². The third kappa shape index (κ3) is 3.99. The molecule has 128 valence electrons. The molecular formula is C20H25NO3. The molecule has 1 aromatic rings. The molecule has 0 saturated carbocycles. The van der Waals surface area contributed by atoms with Gasteiger partial charge in [-0.2, -0.15) is 0 Å². The lowest BCUT2D eigenvalue weighted by Crippen LogP contribution is -2.37. The second kappa shape index (κ2) is 7.56. The molecule has 4 nitrogen and oxygen atoms in total. The van der Waals surface area contributed by atoms with Gasteiger partial charge in [0.15, 0.2) is 0 Å². The first-order valence-electron chi connectivity index (χ1n) is 8.35. The number of benzene rings is 1. The maximum absolute atomic E-state index is 12.8. The highest BCUT2D eigenvalue weighted by atomic mass is 16.2. The normalized spacial score (nSPS) is 20.0. The molecule has 0 bridgehead atoms. The molecule has 0 radical (unpaired) electrons. The number of hydrogen-bond donors (Lipinski definition) is 0. The van der Waals surface area contributed by atoms with E-state index in [9.17, 15) is 14.4 Å². The van der Waals surface area contributed by atoms with Crippen molar-refractivity contribution in [2.45, 2.75) is 46.6 Å². The predicted octanol–water partition coefficient (Wildman–Crippen LogP) is 3.51. The van der Waals surface area contributed by atoms with Crippen molar-refractivity contribution in [1.29, 1.82) is 0 Å². The van der Waals surface area contributed by atoms with E-state index in [-0.39, 0.29) is 24.8 Å². The zero-order valence-electron chi connectivity index (χ0n) is 14.6. The van der Waals surface area contributed by atoms with Gasteiger partial charge in [0, 0.05) is 11.8 Å². The minimum atomic E-state index is -0.801. The van der Waals surface area contributed by atoms with Crippen molar-refractivity contribution in [3.05, 3.63) is 47.5 Å². The monoisotopic (exact) mass is 327 g/mol. The summed E-state index contributed by atoms with van der Waals surface area (Å²) < 4.78 is 0. The van der Waals surface area contributed by atoms with Crippen LogP contribution in [0.25, 0.3) is 0 Å². The third-order valence-corrected chi connectivity index (χ3v) is 4.73. The summed E-state index contributed by atoms with van der Waals surface area (Å²) in [5.41, 5.74) is 1.30. The van der Waals surface area contributed by atoms with Crippen LogP contribution in [0.4, 0.5) is 0 Å². The second-order valence-electron chi connectivity index (χ2n) is 7.00. The number of aldehydes is 1. The van der Waals surface area contributed by atoms with E-state index in [1.807, 2.05) is 44.2 Å². The fourth-order valence-corrected chi connectivity index (χ4v) is 3.12. The van der Waals surface area contributed by atoms with Crippen LogP contribution in [0.1, 0.15) is 45.6 Å². The lowest BCUT2D eigenvalue weighted by molar-refractivity contribution is -0.142. The number of carbonyl (C=O) groups excluding carboxylic acids is 3. The Morgan fingerprint density at radius 3 is 2.50 bits per heavy atom. The number of amides is 2. The molecule has 1 aromatic carbocycles. The van der Waals surface area contributed by atoms with Gasteiger partial charge in [0.25, 0.3) is 0 Å². The van der Waals surface area contributed by atoms with Crippen molar-refractivity contribution < 1.29 is 14.4 Å². The minimum absolute atomic E-state index is 0.121. The number of likely N-dealkylation sites (tertiary alicyclic amines) is 1. The molecule has 1 aliphatic rings. The molecule has 4 heteroatoms. The fraction of sp³-hybridized carbons (Fsp3) is 0.450. The maximum atomic E-state index is 12.8. The van der Waals surface area contributed by atoms with E-state index < -0.39 is 11.3 Å². The molecule has 0 aromatic heterocycles. The minimum Gasteiger partial charge on any atom is -0.303 e. The average molecular weight is 327 g/mol. The molecule has 1 fully saturated rings. The number of nitrogens with zero attached hydrogens (tertiary/aromatic N) is 1. The Bertz CT molecular complexity index is 646. The molecule has 1 heterocycles. The zero-order valence-corrected chi connectivity index (χ0v) is 14.6. The van der Waals surface area contributed by atoms with Crippen molar-refractivity contribution in [1.82, 2.24) is 4.90 Å². The summed E-state index contributed by atoms with van der Waals surface area (Å²) in [6.45, 7) is 6.08. The summed E-state index contributed by atoms with van der Waals surface area (Å²) in [5.74, 6) is -0.975. The molecule has 1 saturated heterocycles. The second-order valence-corrected chi connectivity index (χ2v) is 7.00. The first kappa shape index (κ1) is 18.1. The Kier molecular flexibility index (Phi) is 5.71. The Morgan fingerprint density at radius 2 is 1.92 bits per heavy atom. The van der Waals surface area contributed by atoms with Crippen LogP contribution >= 0.6 is 0 Å². The highest BCUT2D eigenvalue weighted by Crippen LogP contribution is 2.39. The van der Waals surface area contributed by atoms with Crippen molar-refractivity contribution in [2.75, 3.05) is 0 Å². The van der Waals surface area contributed by atoms with E-state index >= 15 is 0 Å². The van der Waals surface area contributed by atoms with Crippen LogP contribution < -0.4 is 0 Å². The molecule has 0 aliphatic carbocycles. The van der Waals surface area contributed by atoms with Gasteiger partial charge < -0.3 is 4.79 Å². The highest BCUT2D eigenvalue weighted by Gasteiger charge is 2.48. The molecule has 2 amide bonds. The summed E-state index contributed by atoms with van der Waals surface area (Å²) in [6, 6.07) is 9.44. The van der Waals surface area contributed by atoms with Gasteiger partial charge >= 0.3 is 0 Å². The van der Waals surface area contributed by atoms with Crippen molar-refractivity contribution in [3.63, 3.8) is 0 Å². The van der Waals surface area contributed by atoms with Crippen LogP contribution in [0.3, 0.4) is 0 Å². The summed E-state index contributed by atoms with van der Waals surface area (Å²) in [7, 11) is 0. The zero-order chi connectivity index (χ0) is 17.7. The molecule has 0 unspecified atom stereocenters. The third-order valence-electron chi connectivity index (χ3n) is 4.73. The van der Waals surface area contributed by atoms with E-state index in [0.717, 1.165) is 18.3 Å². The molecule has 2 atom stereocenters. The van der Waals surface area contributed by atoms with Gasteiger partial charge in [0.2, 0.25) is 11.8 Å². The lowest BCUT2D eigenvalue weighted by atomic mass is 9.74. The van der Waals surface area contributed by atoms with E-state index in [1.165, 1.54) is 10.5 Å². The van der Waals surface area contributed by atoms with Crippen molar-refractivity contribution in [2.24, 2.45) is 11.3 Å². The van der Waals surface area contributed by atoms with Crippen LogP contribution in [0.5, 0.6) is 0 Å². The summed E-state index contributed by atoms with van der Waals surface area (Å²) >= 11 is 0. The van der Waals surface area contributed by atoms with Gasteiger partial charge in [-0.3, -0.25) is 14.5 Å². The van der Waals surface area contributed by atoms with Crippen LogP contribution in [-0.4, -0.2) is 23.0 Å². The van der Waals surface area contributed by atoms with Gasteiger partial charge in [-0.15, -0.1) is 0 Å². The molecule has 1 aliphatic heterocycles. The lowest BCUT2D eigenvalue weighted by Gasteiger charge is -2.28. The van der Waals surface area contributed by atoms with Crippen LogP contribution in [0, 0.1) is 11.3 Å². The molecule has 24 heavy (non-hydrogen) atoms. The SMILES string of the molecule is CC(C)=CCC[C@](C)(C=O)[C@@H]1CC(=O)N(Cc2ccccc2)C1=O. The number of imide groups is 1. The molecule has 0 spiro atoms. The Labute approximate surface area is 143 Å². The van der Waals surface area contributed by atoms with E-state index in [2.05, 4.69) is 6.08 Å². The smallest absolute Gasteiger partial charge is 0.234 e.